The smallest absolute Gasteiger partial charge is 0.360 e. The maximum Gasteiger partial charge on any atom is 0.360 e. The van der Waals surface area contributed by atoms with Crippen molar-refractivity contribution in [3.63, 3.8) is 0 Å². The predicted molar refractivity (Wildman–Crippen MR) is 81.1 cm³/mol. The quantitative estimate of drug-likeness (QED) is 0.874. The Hall–Kier alpha value is -1.82. The van der Waals surface area contributed by atoms with Crippen LogP contribution in [0.1, 0.15) is 28.8 Å². The molecule has 0 aliphatic heterocycles. The average Bonchev–Trinajstić information content (AvgIpc) is 2.69. The van der Waals surface area contributed by atoms with Crippen LogP contribution in [-0.4, -0.2) is 22.1 Å². The van der Waals surface area contributed by atoms with Crippen LogP contribution in [0, 0.1) is 13.8 Å². The van der Waals surface area contributed by atoms with Crippen LogP contribution in [0.3, 0.4) is 0 Å². The summed E-state index contributed by atoms with van der Waals surface area (Å²) in [4.78, 5) is 16.0. The van der Waals surface area contributed by atoms with Gasteiger partial charge in [-0.25, -0.2) is 9.78 Å². The summed E-state index contributed by atoms with van der Waals surface area (Å²) < 4.78 is 7.66. The molecule has 2 N–H and O–H groups in total. The first kappa shape index (κ1) is 14.6. The van der Waals surface area contributed by atoms with Gasteiger partial charge in [0, 0.05) is 10.2 Å². The van der Waals surface area contributed by atoms with Crippen molar-refractivity contribution in [2.75, 3.05) is 12.3 Å². The molecule has 0 saturated carbocycles. The molecule has 0 spiro atoms. The molecule has 2 rings (SSSR count). The molecule has 0 unspecified atom stereocenters. The van der Waals surface area contributed by atoms with Gasteiger partial charge in [0.25, 0.3) is 0 Å². The van der Waals surface area contributed by atoms with E-state index in [0.717, 1.165) is 15.7 Å². The summed E-state index contributed by atoms with van der Waals surface area (Å²) in [5.41, 5.74) is 8.16. The van der Waals surface area contributed by atoms with Crippen molar-refractivity contribution >= 4 is 27.7 Å². The molecular weight excluding hydrogens is 322 g/mol. The second kappa shape index (κ2) is 5.66. The lowest BCUT2D eigenvalue weighted by Crippen LogP contribution is -2.09. The predicted octanol–water partition coefficient (Wildman–Crippen LogP) is 3.01. The number of carbonyl (C=O) groups excluding carboxylic acids is 1. The lowest BCUT2D eigenvalue weighted by Gasteiger charge is -2.09. The Kier molecular flexibility index (Phi) is 4.13. The lowest BCUT2D eigenvalue weighted by molar-refractivity contribution is 0.0521. The second-order valence-corrected chi connectivity index (χ2v) is 5.24. The molecule has 0 saturated heterocycles. The second-order valence-electron chi connectivity index (χ2n) is 4.38. The summed E-state index contributed by atoms with van der Waals surface area (Å²) in [5.74, 6) is 0.427. The van der Waals surface area contributed by atoms with Crippen LogP contribution in [0.5, 0.6) is 0 Å². The van der Waals surface area contributed by atoms with Gasteiger partial charge < -0.3 is 10.5 Å². The summed E-state index contributed by atoms with van der Waals surface area (Å²) in [6.07, 6.45) is 0. The zero-order chi connectivity index (χ0) is 14.9. The van der Waals surface area contributed by atoms with E-state index in [1.807, 2.05) is 25.1 Å². The molecule has 0 aliphatic carbocycles. The molecule has 0 amide bonds. The minimum atomic E-state index is -0.502. The van der Waals surface area contributed by atoms with Gasteiger partial charge in [-0.15, -0.1) is 0 Å². The van der Waals surface area contributed by atoms with Gasteiger partial charge in [0.1, 0.15) is 11.6 Å². The fraction of sp³-hybridized carbons (Fsp3) is 0.286. The number of ether oxygens (including phenoxy) is 1. The standard InChI is InChI=1S/C14H16BrN3O2/c1-4-20-14(19)12-13(16)18(9(3)17-12)10-6-5-8(2)11(15)7-10/h5-7H,4,16H2,1-3H3. The van der Waals surface area contributed by atoms with E-state index in [1.54, 1.807) is 18.4 Å². The Bertz CT molecular complexity index is 665. The summed E-state index contributed by atoms with van der Waals surface area (Å²) in [6, 6.07) is 5.84. The van der Waals surface area contributed by atoms with E-state index in [0.29, 0.717) is 12.4 Å². The molecule has 0 aliphatic rings. The maximum absolute atomic E-state index is 11.8. The van der Waals surface area contributed by atoms with E-state index in [4.69, 9.17) is 10.5 Å². The highest BCUT2D eigenvalue weighted by molar-refractivity contribution is 9.10. The number of hydrogen-bond acceptors (Lipinski definition) is 4. The number of imidazole rings is 1. The minimum Gasteiger partial charge on any atom is -0.461 e. The van der Waals surface area contributed by atoms with E-state index in [1.165, 1.54) is 0 Å². The number of hydrogen-bond donors (Lipinski definition) is 1. The monoisotopic (exact) mass is 337 g/mol. The molecule has 0 bridgehead atoms. The van der Waals surface area contributed by atoms with Gasteiger partial charge in [-0.3, -0.25) is 4.57 Å². The van der Waals surface area contributed by atoms with Crippen LogP contribution in [0.4, 0.5) is 5.82 Å². The lowest BCUT2D eigenvalue weighted by atomic mass is 10.2. The van der Waals surface area contributed by atoms with Crippen LogP contribution in [0.15, 0.2) is 22.7 Å². The highest BCUT2D eigenvalue weighted by Crippen LogP contribution is 2.25. The molecule has 1 heterocycles. The number of aryl methyl sites for hydroxylation is 2. The van der Waals surface area contributed by atoms with Crippen molar-refractivity contribution in [1.29, 1.82) is 0 Å². The Morgan fingerprint density at radius 1 is 1.45 bits per heavy atom. The van der Waals surface area contributed by atoms with E-state index >= 15 is 0 Å². The normalized spacial score (nSPS) is 10.6. The minimum absolute atomic E-state index is 0.154. The zero-order valence-corrected chi connectivity index (χ0v) is 13.2. The molecular formula is C14H16BrN3O2. The highest BCUT2D eigenvalue weighted by atomic mass is 79.9. The number of esters is 1. The molecule has 106 valence electrons. The van der Waals surface area contributed by atoms with Gasteiger partial charge in [-0.1, -0.05) is 22.0 Å². The van der Waals surface area contributed by atoms with Gasteiger partial charge >= 0.3 is 5.97 Å². The van der Waals surface area contributed by atoms with Gasteiger partial charge in [0.15, 0.2) is 5.69 Å². The number of nitrogen functional groups attached to an aromatic ring is 1. The van der Waals surface area contributed by atoms with Crippen molar-refractivity contribution in [3.8, 4) is 5.69 Å². The number of halogens is 1. The van der Waals surface area contributed by atoms with Crippen LogP contribution >= 0.6 is 15.9 Å². The third-order valence-corrected chi connectivity index (χ3v) is 3.82. The molecule has 5 nitrogen and oxygen atoms in total. The van der Waals surface area contributed by atoms with Crippen molar-refractivity contribution in [1.82, 2.24) is 9.55 Å². The van der Waals surface area contributed by atoms with Crippen molar-refractivity contribution in [2.45, 2.75) is 20.8 Å². The summed E-state index contributed by atoms with van der Waals surface area (Å²) in [6.45, 7) is 5.84. The van der Waals surface area contributed by atoms with Crippen LogP contribution in [0.2, 0.25) is 0 Å². The molecule has 6 heteroatoms. The topological polar surface area (TPSA) is 70.1 Å². The van der Waals surface area contributed by atoms with Crippen LogP contribution in [0.25, 0.3) is 5.69 Å². The largest absolute Gasteiger partial charge is 0.461 e. The maximum atomic E-state index is 11.8. The van der Waals surface area contributed by atoms with Crippen molar-refractivity contribution in [3.05, 3.63) is 39.8 Å². The number of nitrogens with zero attached hydrogens (tertiary/aromatic N) is 2. The fourth-order valence-electron chi connectivity index (χ4n) is 1.95. The van der Waals surface area contributed by atoms with Crippen molar-refractivity contribution < 1.29 is 9.53 Å². The first-order valence-electron chi connectivity index (χ1n) is 6.24. The highest BCUT2D eigenvalue weighted by Gasteiger charge is 2.20. The van der Waals surface area contributed by atoms with Crippen LogP contribution < -0.4 is 5.73 Å². The fourth-order valence-corrected chi connectivity index (χ4v) is 2.31. The number of rotatable bonds is 3. The van der Waals surface area contributed by atoms with Gasteiger partial charge in [0.2, 0.25) is 0 Å². The number of nitrogens with two attached hydrogens (primary N) is 1. The Morgan fingerprint density at radius 3 is 2.75 bits per heavy atom. The third kappa shape index (κ3) is 2.56. The molecule has 20 heavy (non-hydrogen) atoms. The zero-order valence-electron chi connectivity index (χ0n) is 11.6. The molecule has 1 aromatic carbocycles. The van der Waals surface area contributed by atoms with Gasteiger partial charge in [0.05, 0.1) is 6.61 Å². The Balaban J connectivity index is 2.52. The summed E-state index contributed by atoms with van der Waals surface area (Å²) in [5, 5.41) is 0. The van der Waals surface area contributed by atoms with E-state index in [9.17, 15) is 4.79 Å². The first-order chi connectivity index (χ1) is 9.45. The third-order valence-electron chi connectivity index (χ3n) is 2.96. The summed E-state index contributed by atoms with van der Waals surface area (Å²) in [7, 11) is 0. The number of aromatic nitrogens is 2. The Labute approximate surface area is 125 Å². The number of carbonyl (C=O) groups is 1. The molecule has 1 aromatic heterocycles. The van der Waals surface area contributed by atoms with Gasteiger partial charge in [-0.05, 0) is 38.5 Å². The first-order valence-corrected chi connectivity index (χ1v) is 7.03. The average molecular weight is 338 g/mol. The SMILES string of the molecule is CCOC(=O)c1nc(C)n(-c2ccc(C)c(Br)c2)c1N. The van der Waals surface area contributed by atoms with E-state index in [-0.39, 0.29) is 11.5 Å². The molecule has 0 atom stereocenters. The number of benzene rings is 1. The molecule has 0 fully saturated rings. The number of anilines is 1. The van der Waals surface area contributed by atoms with E-state index < -0.39 is 5.97 Å². The molecule has 2 aromatic rings. The van der Waals surface area contributed by atoms with Gasteiger partial charge in [-0.2, -0.15) is 0 Å². The van der Waals surface area contributed by atoms with Crippen LogP contribution in [-0.2, 0) is 4.74 Å². The van der Waals surface area contributed by atoms with Crippen molar-refractivity contribution in [2.24, 2.45) is 0 Å². The molecule has 0 radical (unpaired) electrons. The van der Waals surface area contributed by atoms with E-state index in [2.05, 4.69) is 20.9 Å². The summed E-state index contributed by atoms with van der Waals surface area (Å²) >= 11 is 3.49. The Morgan fingerprint density at radius 2 is 2.15 bits per heavy atom.